The van der Waals surface area contributed by atoms with E-state index in [9.17, 15) is 9.18 Å². The molecule has 0 aromatic carbocycles. The Bertz CT molecular complexity index is 797. The van der Waals surface area contributed by atoms with Gasteiger partial charge in [-0.3, -0.25) is 9.89 Å². The van der Waals surface area contributed by atoms with E-state index in [-0.39, 0.29) is 17.4 Å². The van der Waals surface area contributed by atoms with E-state index < -0.39 is 11.2 Å². The number of nitrogens with one attached hydrogen (secondary N) is 2. The van der Waals surface area contributed by atoms with Crippen LogP contribution in [-0.2, 0) is 4.79 Å². The summed E-state index contributed by atoms with van der Waals surface area (Å²) in [7, 11) is 1.51. The Hall–Kier alpha value is -2.48. The first-order chi connectivity index (χ1) is 13.4. The lowest BCUT2D eigenvalue weighted by atomic mass is 9.87. The summed E-state index contributed by atoms with van der Waals surface area (Å²) in [5, 5.41) is 9.21. The second kappa shape index (κ2) is 8.68. The van der Waals surface area contributed by atoms with Crippen LogP contribution in [0.1, 0.15) is 39.5 Å². The molecule has 1 fully saturated rings. The molecule has 2 N–H and O–H groups in total. The Morgan fingerprint density at radius 1 is 1.32 bits per heavy atom. The molecule has 0 saturated carbocycles. The summed E-state index contributed by atoms with van der Waals surface area (Å²) in [5.41, 5.74) is 0.0808. The zero-order valence-electron chi connectivity index (χ0n) is 16.7. The van der Waals surface area contributed by atoms with Gasteiger partial charge in [0.15, 0.2) is 11.6 Å². The lowest BCUT2D eigenvalue weighted by Crippen LogP contribution is -2.37. The average Bonchev–Trinajstić information content (AvgIpc) is 3.07. The highest BCUT2D eigenvalue weighted by Crippen LogP contribution is 2.28. The number of likely N-dealkylation sites (tertiary alicyclic amines) is 1. The third-order valence-corrected chi connectivity index (χ3v) is 5.29. The maximum absolute atomic E-state index is 14.8. The molecular formula is C20H28FN5O2. The molecule has 1 saturated heterocycles. The first kappa shape index (κ1) is 20.3. The van der Waals surface area contributed by atoms with E-state index in [1.54, 1.807) is 12.1 Å². The van der Waals surface area contributed by atoms with Crippen molar-refractivity contribution < 1.29 is 13.9 Å². The topological polar surface area (TPSA) is 83.1 Å². The number of ether oxygens (including phenoxy) is 1. The van der Waals surface area contributed by atoms with E-state index in [2.05, 4.69) is 25.4 Å². The van der Waals surface area contributed by atoms with Crippen LogP contribution in [0.5, 0.6) is 5.88 Å². The lowest BCUT2D eigenvalue weighted by Gasteiger charge is -2.30. The molecule has 0 radical (unpaired) electrons. The quantitative estimate of drug-likeness (QED) is 0.758. The highest BCUT2D eigenvalue weighted by Gasteiger charge is 2.30. The van der Waals surface area contributed by atoms with Gasteiger partial charge < -0.3 is 15.0 Å². The third-order valence-electron chi connectivity index (χ3n) is 5.29. The molecule has 0 bridgehead atoms. The fourth-order valence-corrected chi connectivity index (χ4v) is 3.26. The molecule has 0 unspecified atom stereocenters. The Balaban J connectivity index is 1.63. The molecule has 8 heteroatoms. The van der Waals surface area contributed by atoms with Gasteiger partial charge in [-0.2, -0.15) is 5.10 Å². The molecule has 1 amide bonds. The molecule has 2 aromatic rings. The highest BCUT2D eigenvalue weighted by atomic mass is 19.1. The van der Waals surface area contributed by atoms with Crippen LogP contribution in [-0.4, -0.2) is 52.7 Å². The van der Waals surface area contributed by atoms with Crippen LogP contribution in [0.2, 0.25) is 0 Å². The van der Waals surface area contributed by atoms with Crippen LogP contribution in [0, 0.1) is 11.2 Å². The summed E-state index contributed by atoms with van der Waals surface area (Å²) in [6, 6.07) is 3.31. The van der Waals surface area contributed by atoms with Gasteiger partial charge >= 0.3 is 0 Å². The first-order valence-corrected chi connectivity index (χ1v) is 9.69. The van der Waals surface area contributed by atoms with Gasteiger partial charge in [0.2, 0.25) is 11.8 Å². The predicted molar refractivity (Wildman–Crippen MR) is 106 cm³/mol. The number of hydrogen-bond acceptors (Lipinski definition) is 5. The predicted octanol–water partition coefficient (Wildman–Crippen LogP) is 3.46. The van der Waals surface area contributed by atoms with Gasteiger partial charge in [-0.05, 0) is 45.0 Å². The smallest absolute Gasteiger partial charge is 0.231 e. The van der Waals surface area contributed by atoms with E-state index in [0.29, 0.717) is 17.9 Å². The largest absolute Gasteiger partial charge is 0.481 e. The summed E-state index contributed by atoms with van der Waals surface area (Å²) >= 11 is 0. The zero-order chi connectivity index (χ0) is 20.1. The zero-order valence-corrected chi connectivity index (χ0v) is 16.7. The van der Waals surface area contributed by atoms with E-state index in [1.165, 1.54) is 32.6 Å². The van der Waals surface area contributed by atoms with E-state index in [1.807, 2.05) is 13.8 Å². The van der Waals surface area contributed by atoms with Gasteiger partial charge in [0.1, 0.15) is 5.69 Å². The highest BCUT2D eigenvalue weighted by molar-refractivity contribution is 5.94. The van der Waals surface area contributed by atoms with Crippen LogP contribution in [0.25, 0.3) is 11.3 Å². The monoisotopic (exact) mass is 389 g/mol. The van der Waals surface area contributed by atoms with Crippen molar-refractivity contribution in [2.45, 2.75) is 39.5 Å². The summed E-state index contributed by atoms with van der Waals surface area (Å²) in [4.78, 5) is 19.2. The summed E-state index contributed by atoms with van der Waals surface area (Å²) in [5.74, 6) is -0.504. The van der Waals surface area contributed by atoms with Gasteiger partial charge in [-0.1, -0.05) is 20.3 Å². The van der Waals surface area contributed by atoms with Crippen LogP contribution >= 0.6 is 0 Å². The number of anilines is 1. The number of H-pyrrole nitrogens is 1. The Kier molecular flexibility index (Phi) is 6.28. The second-order valence-electron chi connectivity index (χ2n) is 7.84. The number of amides is 1. The Morgan fingerprint density at radius 3 is 2.71 bits per heavy atom. The normalized spacial score (nSPS) is 15.4. The maximum Gasteiger partial charge on any atom is 0.231 e. The minimum atomic E-state index is -0.620. The number of nitrogens with zero attached hydrogens (tertiary/aromatic N) is 3. The number of carbonyl (C=O) groups is 1. The van der Waals surface area contributed by atoms with Crippen molar-refractivity contribution in [3.63, 3.8) is 0 Å². The van der Waals surface area contributed by atoms with Crippen molar-refractivity contribution in [2.75, 3.05) is 32.1 Å². The molecule has 1 aliphatic heterocycles. The number of halogens is 1. The number of piperidine rings is 1. The molecule has 152 valence electrons. The van der Waals surface area contributed by atoms with Gasteiger partial charge in [-0.25, -0.2) is 9.37 Å². The molecule has 0 aliphatic carbocycles. The summed E-state index contributed by atoms with van der Waals surface area (Å²) in [6.45, 7) is 6.80. The minimum absolute atomic E-state index is 0.0955. The molecule has 2 aromatic heterocycles. The van der Waals surface area contributed by atoms with Crippen molar-refractivity contribution in [2.24, 2.45) is 5.41 Å². The second-order valence-corrected chi connectivity index (χ2v) is 7.84. The van der Waals surface area contributed by atoms with Crippen LogP contribution in [0.4, 0.5) is 10.2 Å². The molecule has 3 heterocycles. The van der Waals surface area contributed by atoms with Crippen molar-refractivity contribution in [3.05, 3.63) is 24.1 Å². The number of methoxy groups -OCH3 is 1. The van der Waals surface area contributed by atoms with Gasteiger partial charge in [0.05, 0.1) is 7.11 Å². The molecule has 3 rings (SSSR count). The average molecular weight is 389 g/mol. The van der Waals surface area contributed by atoms with Gasteiger partial charge in [-0.15, -0.1) is 0 Å². The van der Waals surface area contributed by atoms with Crippen LogP contribution in [0.15, 0.2) is 18.3 Å². The SMILES string of the molecule is COc1ccc(-c2[nH]nc(NC(=O)C(C)(C)CCN3CCCCC3)c2F)cn1. The Morgan fingerprint density at radius 2 is 2.07 bits per heavy atom. The number of pyridine rings is 1. The number of carbonyl (C=O) groups excluding carboxylic acids is 1. The number of hydrogen-bond donors (Lipinski definition) is 2. The van der Waals surface area contributed by atoms with Crippen molar-refractivity contribution in [3.8, 4) is 17.1 Å². The van der Waals surface area contributed by atoms with Crippen molar-refractivity contribution in [1.29, 1.82) is 0 Å². The van der Waals surface area contributed by atoms with E-state index >= 15 is 0 Å². The molecular weight excluding hydrogens is 361 g/mol. The van der Waals surface area contributed by atoms with E-state index in [0.717, 1.165) is 19.6 Å². The fraction of sp³-hybridized carbons (Fsp3) is 0.550. The first-order valence-electron chi connectivity index (χ1n) is 9.69. The maximum atomic E-state index is 14.8. The number of aromatic nitrogens is 3. The van der Waals surface area contributed by atoms with Crippen LogP contribution < -0.4 is 10.1 Å². The fourth-order valence-electron chi connectivity index (χ4n) is 3.26. The van der Waals surface area contributed by atoms with Gasteiger partial charge in [0.25, 0.3) is 0 Å². The molecule has 7 nitrogen and oxygen atoms in total. The standard InChI is InChI=1S/C20H28FN5O2/c1-20(2,9-12-26-10-5-4-6-11-26)19(27)23-18-16(21)17(24-25-18)14-7-8-15(28-3)22-13-14/h7-8,13H,4-6,9-12H2,1-3H3,(H2,23,24,25,27). The molecule has 0 atom stereocenters. The van der Waals surface area contributed by atoms with Crippen molar-refractivity contribution in [1.82, 2.24) is 20.1 Å². The van der Waals surface area contributed by atoms with Crippen LogP contribution in [0.3, 0.4) is 0 Å². The summed E-state index contributed by atoms with van der Waals surface area (Å²) < 4.78 is 19.8. The number of rotatable bonds is 7. The lowest BCUT2D eigenvalue weighted by molar-refractivity contribution is -0.124. The van der Waals surface area contributed by atoms with E-state index in [4.69, 9.17) is 4.74 Å². The van der Waals surface area contributed by atoms with Crippen molar-refractivity contribution >= 4 is 11.7 Å². The minimum Gasteiger partial charge on any atom is -0.481 e. The molecule has 1 aliphatic rings. The Labute approximate surface area is 164 Å². The molecule has 28 heavy (non-hydrogen) atoms. The third kappa shape index (κ3) is 4.67. The molecule has 0 spiro atoms. The number of aromatic amines is 1. The summed E-state index contributed by atoms with van der Waals surface area (Å²) in [6.07, 6.45) is 5.91. The van der Waals surface area contributed by atoms with Gasteiger partial charge in [0, 0.05) is 23.2 Å².